The van der Waals surface area contributed by atoms with E-state index < -0.39 is 11.6 Å². The van der Waals surface area contributed by atoms with Crippen LogP contribution in [0.25, 0.3) is 0 Å². The van der Waals surface area contributed by atoms with Gasteiger partial charge in [-0.2, -0.15) is 0 Å². The lowest BCUT2D eigenvalue weighted by atomic mass is 9.79. The van der Waals surface area contributed by atoms with Crippen LogP contribution in [-0.2, 0) is 11.3 Å². The summed E-state index contributed by atoms with van der Waals surface area (Å²) in [5.41, 5.74) is 0.515. The molecule has 4 rings (SSSR count). The Morgan fingerprint density at radius 2 is 2.07 bits per heavy atom. The Labute approximate surface area is 164 Å². The minimum Gasteiger partial charge on any atom is -0.388 e. The van der Waals surface area contributed by atoms with Gasteiger partial charge in [-0.1, -0.05) is 30.3 Å². The molecular formula is C22H26FN3O2. The van der Waals surface area contributed by atoms with E-state index in [1.807, 2.05) is 30.3 Å². The van der Waals surface area contributed by atoms with Crippen molar-refractivity contribution in [2.75, 3.05) is 6.54 Å². The van der Waals surface area contributed by atoms with Gasteiger partial charge in [0.25, 0.3) is 0 Å². The van der Waals surface area contributed by atoms with E-state index in [2.05, 4.69) is 15.2 Å². The topological polar surface area (TPSA) is 65.5 Å². The smallest absolute Gasteiger partial charge is 0.223 e. The minimum atomic E-state index is -1.04. The number of halogens is 1. The summed E-state index contributed by atoms with van der Waals surface area (Å²) in [4.78, 5) is 18.5. The van der Waals surface area contributed by atoms with E-state index in [1.54, 1.807) is 19.2 Å². The fourth-order valence-electron chi connectivity index (χ4n) is 4.05. The van der Waals surface area contributed by atoms with Crippen molar-refractivity contribution < 1.29 is 14.3 Å². The summed E-state index contributed by atoms with van der Waals surface area (Å²) in [5, 5.41) is 14.2. The van der Waals surface area contributed by atoms with Gasteiger partial charge in [-0.05, 0) is 37.8 Å². The van der Waals surface area contributed by atoms with Crippen molar-refractivity contribution in [2.24, 2.45) is 5.92 Å². The number of aromatic nitrogens is 1. The van der Waals surface area contributed by atoms with E-state index in [-0.39, 0.29) is 23.7 Å². The van der Waals surface area contributed by atoms with Crippen LogP contribution in [0.4, 0.5) is 4.39 Å². The Morgan fingerprint density at radius 1 is 1.32 bits per heavy atom. The van der Waals surface area contributed by atoms with Crippen LogP contribution in [0.3, 0.4) is 0 Å². The van der Waals surface area contributed by atoms with Crippen molar-refractivity contribution in [3.63, 3.8) is 0 Å². The van der Waals surface area contributed by atoms with E-state index in [1.165, 1.54) is 6.20 Å². The van der Waals surface area contributed by atoms with Gasteiger partial charge in [0.05, 0.1) is 23.9 Å². The number of carbonyl (C=O) groups excluding carboxylic acids is 1. The average Bonchev–Trinajstić information content (AvgIpc) is 3.52. The highest BCUT2D eigenvalue weighted by atomic mass is 19.1. The van der Waals surface area contributed by atoms with Crippen molar-refractivity contribution in [1.29, 1.82) is 0 Å². The Balaban J connectivity index is 1.68. The first kappa shape index (κ1) is 19.0. The Kier molecular flexibility index (Phi) is 5.17. The first-order valence-corrected chi connectivity index (χ1v) is 9.86. The molecule has 2 fully saturated rings. The molecule has 3 atom stereocenters. The summed E-state index contributed by atoms with van der Waals surface area (Å²) in [7, 11) is 0. The second-order valence-corrected chi connectivity index (χ2v) is 8.16. The summed E-state index contributed by atoms with van der Waals surface area (Å²) in [6.45, 7) is 2.77. The first-order valence-electron chi connectivity index (χ1n) is 9.86. The molecule has 2 N–H and O–H groups in total. The Bertz CT molecular complexity index is 839. The number of pyridine rings is 1. The normalized spacial score (nSPS) is 28.1. The number of piperidine rings is 1. The maximum absolute atomic E-state index is 14.2. The number of carbonyl (C=O) groups is 1. The van der Waals surface area contributed by atoms with Crippen LogP contribution < -0.4 is 5.32 Å². The number of hydrogen-bond donors (Lipinski definition) is 2. The molecule has 148 valence electrons. The second-order valence-electron chi connectivity index (χ2n) is 8.16. The quantitative estimate of drug-likeness (QED) is 0.833. The van der Waals surface area contributed by atoms with Crippen LogP contribution in [0, 0.1) is 11.7 Å². The molecule has 0 spiro atoms. The molecule has 3 unspecified atom stereocenters. The molecule has 1 amide bonds. The highest BCUT2D eigenvalue weighted by molar-refractivity contribution is 5.81. The summed E-state index contributed by atoms with van der Waals surface area (Å²) in [6, 6.07) is 10.8. The summed E-state index contributed by atoms with van der Waals surface area (Å²) >= 11 is 0. The van der Waals surface area contributed by atoms with Crippen LogP contribution in [0.15, 0.2) is 48.8 Å². The van der Waals surface area contributed by atoms with Gasteiger partial charge in [-0.25, -0.2) is 4.39 Å². The molecular weight excluding hydrogens is 357 g/mol. The monoisotopic (exact) mass is 383 g/mol. The molecule has 2 aliphatic rings. The van der Waals surface area contributed by atoms with E-state index >= 15 is 0 Å². The van der Waals surface area contributed by atoms with Gasteiger partial charge in [0.15, 0.2) is 0 Å². The first-order chi connectivity index (χ1) is 13.5. The Hall–Kier alpha value is -2.31. The fourth-order valence-corrected chi connectivity index (χ4v) is 4.05. The van der Waals surface area contributed by atoms with Crippen LogP contribution in [0.2, 0.25) is 0 Å². The van der Waals surface area contributed by atoms with Crippen LogP contribution in [-0.4, -0.2) is 39.1 Å². The molecule has 5 nitrogen and oxygen atoms in total. The van der Waals surface area contributed by atoms with Gasteiger partial charge < -0.3 is 10.4 Å². The van der Waals surface area contributed by atoms with Gasteiger partial charge in [-0.15, -0.1) is 0 Å². The summed E-state index contributed by atoms with van der Waals surface area (Å²) < 4.78 is 14.2. The predicted octanol–water partition coefficient (Wildman–Crippen LogP) is 2.81. The molecule has 2 aromatic rings. The minimum absolute atomic E-state index is 0.00291. The average molecular weight is 383 g/mol. The molecule has 2 heterocycles. The number of nitrogens with one attached hydrogen (secondary N) is 1. The van der Waals surface area contributed by atoms with E-state index in [0.29, 0.717) is 25.1 Å². The lowest BCUT2D eigenvalue weighted by molar-refractivity contribution is -0.130. The molecule has 6 heteroatoms. The van der Waals surface area contributed by atoms with Crippen molar-refractivity contribution >= 4 is 5.91 Å². The third-order valence-corrected chi connectivity index (χ3v) is 5.90. The number of aliphatic hydroxyl groups is 1. The number of hydrogen-bond acceptors (Lipinski definition) is 4. The molecule has 1 aromatic heterocycles. The molecule has 1 aliphatic carbocycles. The molecule has 1 aliphatic heterocycles. The van der Waals surface area contributed by atoms with Crippen LogP contribution in [0.1, 0.15) is 43.4 Å². The SMILES string of the molecule is CC1(O)CCN(Cc2ccncc2F)C(c2ccccc2)C1NC(=O)C1CC1. The maximum Gasteiger partial charge on any atom is 0.223 e. The third kappa shape index (κ3) is 3.93. The van der Waals surface area contributed by atoms with Gasteiger partial charge >= 0.3 is 0 Å². The zero-order valence-electron chi connectivity index (χ0n) is 16.0. The number of nitrogens with zero attached hydrogens (tertiary/aromatic N) is 2. The number of benzene rings is 1. The van der Waals surface area contributed by atoms with Crippen molar-refractivity contribution in [1.82, 2.24) is 15.2 Å². The van der Waals surface area contributed by atoms with Crippen molar-refractivity contribution in [2.45, 2.75) is 50.4 Å². The molecule has 1 saturated carbocycles. The van der Waals surface area contributed by atoms with Crippen LogP contribution >= 0.6 is 0 Å². The van der Waals surface area contributed by atoms with Gasteiger partial charge in [-0.3, -0.25) is 14.7 Å². The number of likely N-dealkylation sites (tertiary alicyclic amines) is 1. The molecule has 28 heavy (non-hydrogen) atoms. The third-order valence-electron chi connectivity index (χ3n) is 5.90. The summed E-state index contributed by atoms with van der Waals surface area (Å²) in [6.07, 6.45) is 5.12. The van der Waals surface area contributed by atoms with Crippen molar-refractivity contribution in [3.05, 3.63) is 65.7 Å². The van der Waals surface area contributed by atoms with Gasteiger partial charge in [0.2, 0.25) is 5.91 Å². The fraction of sp³-hybridized carbons (Fsp3) is 0.455. The van der Waals surface area contributed by atoms with E-state index in [0.717, 1.165) is 18.4 Å². The molecule has 1 aromatic carbocycles. The predicted molar refractivity (Wildman–Crippen MR) is 104 cm³/mol. The van der Waals surface area contributed by atoms with E-state index in [4.69, 9.17) is 0 Å². The number of amides is 1. The molecule has 0 bridgehead atoms. The Morgan fingerprint density at radius 3 is 2.75 bits per heavy atom. The summed E-state index contributed by atoms with van der Waals surface area (Å²) in [5.74, 6) is -0.284. The van der Waals surface area contributed by atoms with Crippen LogP contribution in [0.5, 0.6) is 0 Å². The van der Waals surface area contributed by atoms with Gasteiger partial charge in [0, 0.05) is 30.8 Å². The maximum atomic E-state index is 14.2. The number of rotatable bonds is 5. The second kappa shape index (κ2) is 7.60. The largest absolute Gasteiger partial charge is 0.388 e. The lowest BCUT2D eigenvalue weighted by Gasteiger charge is -2.49. The molecule has 0 radical (unpaired) electrons. The zero-order valence-corrected chi connectivity index (χ0v) is 16.0. The van der Waals surface area contributed by atoms with Gasteiger partial charge in [0.1, 0.15) is 5.82 Å². The van der Waals surface area contributed by atoms with Crippen molar-refractivity contribution in [3.8, 4) is 0 Å². The highest BCUT2D eigenvalue weighted by Gasteiger charge is 2.47. The molecule has 1 saturated heterocycles. The zero-order chi connectivity index (χ0) is 19.7. The van der Waals surface area contributed by atoms with E-state index in [9.17, 15) is 14.3 Å². The highest BCUT2D eigenvalue weighted by Crippen LogP contribution is 2.39. The standard InChI is InChI=1S/C22H26FN3O2/c1-22(28)10-12-26(14-17-9-11-24-13-18(17)23)19(15-5-3-2-4-6-15)20(22)25-21(27)16-7-8-16/h2-6,9,11,13,16,19-20,28H,7-8,10,12,14H2,1H3,(H,25,27). The lowest BCUT2D eigenvalue weighted by Crippen LogP contribution is -2.62.